The van der Waals surface area contributed by atoms with Crippen molar-refractivity contribution in [2.24, 2.45) is 0 Å². The average Bonchev–Trinajstić information content (AvgIpc) is 2.79. The molecule has 0 saturated heterocycles. The van der Waals surface area contributed by atoms with Gasteiger partial charge in [-0.1, -0.05) is 33.3 Å². The fourth-order valence-corrected chi connectivity index (χ4v) is 3.31. The highest BCUT2D eigenvalue weighted by Gasteiger charge is 2.06. The van der Waals surface area contributed by atoms with E-state index < -0.39 is 0 Å². The molecule has 0 spiro atoms. The van der Waals surface area contributed by atoms with Gasteiger partial charge in [-0.05, 0) is 36.8 Å². The second-order valence-corrected chi connectivity index (χ2v) is 6.44. The molecule has 0 aliphatic carbocycles. The number of anilines is 2. The Morgan fingerprint density at radius 3 is 2.85 bits per heavy atom. The average molecular weight is 349 g/mol. The van der Waals surface area contributed by atoms with Crippen molar-refractivity contribution in [3.63, 3.8) is 0 Å². The predicted molar refractivity (Wildman–Crippen MR) is 88.3 cm³/mol. The maximum absolute atomic E-state index is 5.26. The van der Waals surface area contributed by atoms with E-state index in [4.69, 9.17) is 4.74 Å². The molecule has 0 bridgehead atoms. The van der Waals surface area contributed by atoms with Crippen molar-refractivity contribution in [3.05, 3.63) is 46.4 Å². The van der Waals surface area contributed by atoms with Crippen LogP contribution in [0.4, 0.5) is 10.8 Å². The topological polar surface area (TPSA) is 34.1 Å². The van der Waals surface area contributed by atoms with Crippen molar-refractivity contribution in [1.29, 1.82) is 0 Å². The number of benzene rings is 2. The molecule has 0 fully saturated rings. The summed E-state index contributed by atoms with van der Waals surface area (Å²) < 4.78 is 7.41. The number of nitrogens with zero attached hydrogens (tertiary/aromatic N) is 1. The van der Waals surface area contributed by atoms with Crippen molar-refractivity contribution in [2.75, 3.05) is 12.4 Å². The molecule has 0 aliphatic heterocycles. The molecule has 0 atom stereocenters. The van der Waals surface area contributed by atoms with Gasteiger partial charge in [-0.25, -0.2) is 4.98 Å². The number of rotatable bonds is 3. The monoisotopic (exact) mass is 348 g/mol. The summed E-state index contributed by atoms with van der Waals surface area (Å²) in [6.07, 6.45) is 0. The van der Waals surface area contributed by atoms with Gasteiger partial charge < -0.3 is 10.1 Å². The Morgan fingerprint density at radius 2 is 2.05 bits per heavy atom. The lowest BCUT2D eigenvalue weighted by Crippen LogP contribution is -1.91. The number of ether oxygens (including phenoxy) is 1. The third kappa shape index (κ3) is 2.78. The molecule has 0 unspecified atom stereocenters. The fourth-order valence-electron chi connectivity index (χ4n) is 1.97. The van der Waals surface area contributed by atoms with Gasteiger partial charge in [0.1, 0.15) is 5.75 Å². The Bertz CT molecular complexity index is 770. The lowest BCUT2D eigenvalue weighted by atomic mass is 10.2. The third-order valence-corrected chi connectivity index (χ3v) is 4.31. The highest BCUT2D eigenvalue weighted by molar-refractivity contribution is 9.10. The summed E-state index contributed by atoms with van der Waals surface area (Å²) in [4.78, 5) is 4.61. The van der Waals surface area contributed by atoms with E-state index in [1.54, 1.807) is 18.4 Å². The van der Waals surface area contributed by atoms with Gasteiger partial charge in [-0.15, -0.1) is 0 Å². The summed E-state index contributed by atoms with van der Waals surface area (Å²) in [5.41, 5.74) is 3.20. The van der Waals surface area contributed by atoms with E-state index in [1.807, 2.05) is 18.2 Å². The second kappa shape index (κ2) is 5.42. The van der Waals surface area contributed by atoms with Crippen molar-refractivity contribution < 1.29 is 4.74 Å². The minimum Gasteiger partial charge on any atom is -0.497 e. The minimum absolute atomic E-state index is 0.804. The number of hydrogen-bond donors (Lipinski definition) is 1. The van der Waals surface area contributed by atoms with Crippen molar-refractivity contribution in [3.8, 4) is 5.75 Å². The van der Waals surface area contributed by atoms with Gasteiger partial charge in [-0.2, -0.15) is 0 Å². The Balaban J connectivity index is 1.94. The summed E-state index contributed by atoms with van der Waals surface area (Å²) in [5, 5.41) is 4.21. The molecular weight excluding hydrogens is 336 g/mol. The van der Waals surface area contributed by atoms with Gasteiger partial charge >= 0.3 is 0 Å². The number of methoxy groups -OCH3 is 1. The van der Waals surface area contributed by atoms with E-state index in [9.17, 15) is 0 Å². The summed E-state index contributed by atoms with van der Waals surface area (Å²) in [6.45, 7) is 2.07. The number of nitrogens with one attached hydrogen (secondary N) is 1. The van der Waals surface area contributed by atoms with Crippen LogP contribution in [0, 0.1) is 6.92 Å². The van der Waals surface area contributed by atoms with E-state index in [1.165, 1.54) is 10.3 Å². The van der Waals surface area contributed by atoms with E-state index in [-0.39, 0.29) is 0 Å². The molecule has 1 N–H and O–H groups in total. The smallest absolute Gasteiger partial charge is 0.188 e. The molecule has 1 aromatic heterocycles. The van der Waals surface area contributed by atoms with Gasteiger partial charge in [0.2, 0.25) is 0 Å². The quantitative estimate of drug-likeness (QED) is 0.713. The van der Waals surface area contributed by atoms with Crippen LogP contribution in [0.15, 0.2) is 40.9 Å². The molecule has 3 nitrogen and oxygen atoms in total. The first-order valence-electron chi connectivity index (χ1n) is 6.13. The van der Waals surface area contributed by atoms with E-state index in [0.29, 0.717) is 0 Å². The van der Waals surface area contributed by atoms with Crippen LogP contribution in [0.2, 0.25) is 0 Å². The maximum atomic E-state index is 5.26. The van der Waals surface area contributed by atoms with E-state index in [0.717, 1.165) is 26.6 Å². The Labute approximate surface area is 129 Å². The number of hydrogen-bond acceptors (Lipinski definition) is 4. The van der Waals surface area contributed by atoms with Crippen molar-refractivity contribution >= 4 is 48.3 Å². The van der Waals surface area contributed by atoms with E-state index in [2.05, 4.69) is 51.4 Å². The summed E-state index contributed by atoms with van der Waals surface area (Å²) >= 11 is 5.12. The molecule has 0 radical (unpaired) electrons. The lowest BCUT2D eigenvalue weighted by molar-refractivity contribution is 0.415. The number of aryl methyl sites for hydroxylation is 1. The van der Waals surface area contributed by atoms with Gasteiger partial charge in [0, 0.05) is 16.2 Å². The zero-order valence-corrected chi connectivity index (χ0v) is 13.5. The zero-order valence-electron chi connectivity index (χ0n) is 11.1. The second-order valence-electron chi connectivity index (χ2n) is 4.49. The van der Waals surface area contributed by atoms with Gasteiger partial charge in [-0.3, -0.25) is 0 Å². The largest absolute Gasteiger partial charge is 0.497 e. The summed E-state index contributed by atoms with van der Waals surface area (Å²) in [7, 11) is 1.66. The van der Waals surface area contributed by atoms with Crippen LogP contribution in [0.1, 0.15) is 5.56 Å². The predicted octanol–water partition coefficient (Wildman–Crippen LogP) is 5.12. The molecule has 0 amide bonds. The lowest BCUT2D eigenvalue weighted by Gasteiger charge is -2.06. The first-order valence-corrected chi connectivity index (χ1v) is 7.74. The zero-order chi connectivity index (χ0) is 14.1. The molecule has 1 heterocycles. The van der Waals surface area contributed by atoms with Crippen LogP contribution in [0.3, 0.4) is 0 Å². The molecule has 0 aliphatic rings. The molecule has 3 rings (SSSR count). The first-order chi connectivity index (χ1) is 9.64. The Hall–Kier alpha value is -1.59. The number of halogens is 1. The number of fused-ring (bicyclic) bond motifs is 1. The first kappa shape index (κ1) is 13.4. The number of thiazole rings is 1. The Kier molecular flexibility index (Phi) is 3.63. The fraction of sp³-hybridized carbons (Fsp3) is 0.133. The van der Waals surface area contributed by atoms with Crippen LogP contribution < -0.4 is 10.1 Å². The molecule has 2 aromatic carbocycles. The molecule has 5 heteroatoms. The molecule has 20 heavy (non-hydrogen) atoms. The van der Waals surface area contributed by atoms with Crippen LogP contribution in [-0.2, 0) is 0 Å². The molecule has 3 aromatic rings. The minimum atomic E-state index is 0.804. The standard InChI is InChI=1S/C15H13BrN2OS/c1-9-3-4-14-13(5-9)18-15(20-14)17-11-6-10(16)7-12(8-11)19-2/h3-8H,1-2H3,(H,17,18). The highest BCUT2D eigenvalue weighted by atomic mass is 79.9. The SMILES string of the molecule is COc1cc(Br)cc(Nc2nc3cc(C)ccc3s2)c1. The van der Waals surface area contributed by atoms with Gasteiger partial charge in [0.05, 0.1) is 17.3 Å². The van der Waals surface area contributed by atoms with Gasteiger partial charge in [0.15, 0.2) is 5.13 Å². The summed E-state index contributed by atoms with van der Waals surface area (Å²) in [5.74, 6) is 0.804. The van der Waals surface area contributed by atoms with Crippen LogP contribution >= 0.6 is 27.3 Å². The Morgan fingerprint density at radius 1 is 1.20 bits per heavy atom. The molecule has 102 valence electrons. The summed E-state index contributed by atoms with van der Waals surface area (Å²) in [6, 6.07) is 12.2. The van der Waals surface area contributed by atoms with Gasteiger partial charge in [0.25, 0.3) is 0 Å². The van der Waals surface area contributed by atoms with Crippen molar-refractivity contribution in [1.82, 2.24) is 4.98 Å². The normalized spacial score (nSPS) is 10.8. The number of aromatic nitrogens is 1. The third-order valence-electron chi connectivity index (χ3n) is 2.90. The van der Waals surface area contributed by atoms with Crippen LogP contribution in [0.5, 0.6) is 5.75 Å². The highest BCUT2D eigenvalue weighted by Crippen LogP contribution is 2.31. The van der Waals surface area contributed by atoms with Crippen LogP contribution in [-0.4, -0.2) is 12.1 Å². The van der Waals surface area contributed by atoms with Crippen LogP contribution in [0.25, 0.3) is 10.2 Å². The molecule has 0 saturated carbocycles. The maximum Gasteiger partial charge on any atom is 0.188 e. The molecular formula is C15H13BrN2OS. The van der Waals surface area contributed by atoms with E-state index >= 15 is 0 Å². The van der Waals surface area contributed by atoms with Crippen molar-refractivity contribution in [2.45, 2.75) is 6.92 Å².